The monoisotopic (exact) mass is 447 g/mol. The molecule has 0 saturated heterocycles. The van der Waals surface area contributed by atoms with E-state index in [1.165, 1.54) is 0 Å². The Labute approximate surface area is 187 Å². The summed E-state index contributed by atoms with van der Waals surface area (Å²) in [6.45, 7) is 3.93. The maximum atomic E-state index is 12.9. The minimum Gasteiger partial charge on any atom is -0.236 e. The Kier molecular flexibility index (Phi) is 6.32. The first-order valence-corrected chi connectivity index (χ1v) is 11.9. The van der Waals surface area contributed by atoms with E-state index in [0.29, 0.717) is 18.6 Å². The van der Waals surface area contributed by atoms with Gasteiger partial charge in [-0.1, -0.05) is 72.3 Å². The van der Waals surface area contributed by atoms with Crippen LogP contribution in [-0.4, -0.2) is 29.1 Å². The largest absolute Gasteiger partial charge is 0.276 e. The number of hydrogen-bond donors (Lipinski definition) is 1. The second-order valence-electron chi connectivity index (χ2n) is 7.62. The second-order valence-corrected chi connectivity index (χ2v) is 9.28. The number of nitrogens with one attached hydrogen (secondary N) is 1. The van der Waals surface area contributed by atoms with Crippen molar-refractivity contribution in [3.8, 4) is 0 Å². The number of aromatic nitrogens is 3. The number of fused-ring (bicyclic) bond motifs is 1. The van der Waals surface area contributed by atoms with E-state index in [1.807, 2.05) is 73.1 Å². The molecule has 0 saturated carbocycles. The predicted molar refractivity (Wildman–Crippen MR) is 126 cm³/mol. The van der Waals surface area contributed by atoms with Gasteiger partial charge in [0.05, 0.1) is 22.2 Å². The van der Waals surface area contributed by atoms with Gasteiger partial charge in [-0.15, -0.1) is 5.10 Å². The van der Waals surface area contributed by atoms with E-state index in [4.69, 9.17) is 0 Å². The van der Waals surface area contributed by atoms with E-state index in [0.717, 1.165) is 22.2 Å². The molecular weight excluding hydrogens is 422 g/mol. The quantitative estimate of drug-likeness (QED) is 0.323. The van der Waals surface area contributed by atoms with Crippen LogP contribution in [0.1, 0.15) is 30.5 Å². The first-order chi connectivity index (χ1) is 15.5. The molecule has 1 N–H and O–H groups in total. The summed E-state index contributed by atoms with van der Waals surface area (Å²) in [7, 11) is -3.80. The Morgan fingerprint density at radius 1 is 1.00 bits per heavy atom. The van der Waals surface area contributed by atoms with Gasteiger partial charge in [0.2, 0.25) is 0 Å². The Hall–Kier alpha value is -3.52. The number of hydrogen-bond acceptors (Lipinski definition) is 5. The van der Waals surface area contributed by atoms with Crippen LogP contribution >= 0.6 is 0 Å². The molecule has 7 nitrogen and oxygen atoms in total. The Morgan fingerprint density at radius 3 is 2.41 bits per heavy atom. The van der Waals surface area contributed by atoms with Gasteiger partial charge in [-0.3, -0.25) is 0 Å². The van der Waals surface area contributed by atoms with Crippen molar-refractivity contribution >= 4 is 26.8 Å². The lowest BCUT2D eigenvalue weighted by Crippen LogP contribution is -2.27. The van der Waals surface area contributed by atoms with E-state index >= 15 is 0 Å². The Morgan fingerprint density at radius 2 is 1.69 bits per heavy atom. The van der Waals surface area contributed by atoms with Gasteiger partial charge in [-0.25, -0.2) is 9.51 Å². The lowest BCUT2D eigenvalue weighted by molar-refractivity contribution is 0.539. The molecule has 0 bridgehead atoms. The van der Waals surface area contributed by atoms with Gasteiger partial charge in [-0.2, -0.15) is 13.5 Å². The molecule has 0 amide bonds. The molecule has 0 aliphatic carbocycles. The molecule has 164 valence electrons. The fourth-order valence-electron chi connectivity index (χ4n) is 3.59. The highest BCUT2D eigenvalue weighted by Gasteiger charge is 2.22. The standard InChI is InChI=1S/C24H25N5O2S/c1-3-23(29-24-12-8-7-11-21(24)25-27-29)22(17-19-9-5-4-6-10-19)26-28-32(30,31)20-15-13-18(2)14-16-20/h4-16,23,28H,3,17H2,1-2H3/b26-22+. The minimum atomic E-state index is -3.80. The summed E-state index contributed by atoms with van der Waals surface area (Å²) in [6.07, 6.45) is 1.15. The topological polar surface area (TPSA) is 89.2 Å². The van der Waals surface area contributed by atoms with E-state index in [2.05, 4.69) is 20.2 Å². The van der Waals surface area contributed by atoms with Crippen molar-refractivity contribution < 1.29 is 8.42 Å². The number of aryl methyl sites for hydroxylation is 1. The van der Waals surface area contributed by atoms with E-state index in [-0.39, 0.29) is 10.9 Å². The average Bonchev–Trinajstić information content (AvgIpc) is 3.23. The van der Waals surface area contributed by atoms with E-state index in [9.17, 15) is 8.42 Å². The number of rotatable bonds is 8. The zero-order valence-electron chi connectivity index (χ0n) is 18.0. The van der Waals surface area contributed by atoms with Crippen LogP contribution in [0, 0.1) is 6.92 Å². The minimum absolute atomic E-state index is 0.171. The molecule has 4 rings (SSSR count). The molecular formula is C24H25N5O2S. The Bertz CT molecular complexity index is 1330. The fourth-order valence-corrected chi connectivity index (χ4v) is 4.43. The molecule has 4 aromatic rings. The summed E-state index contributed by atoms with van der Waals surface area (Å²) < 4.78 is 27.5. The lowest BCUT2D eigenvalue weighted by atomic mass is 10.0. The van der Waals surface area contributed by atoms with Gasteiger partial charge in [0.25, 0.3) is 10.0 Å². The number of nitrogens with zero attached hydrogens (tertiary/aromatic N) is 4. The van der Waals surface area contributed by atoms with Crippen LogP contribution in [0.15, 0.2) is 88.9 Å². The molecule has 1 atom stereocenters. The average molecular weight is 448 g/mol. The highest BCUT2D eigenvalue weighted by atomic mass is 32.2. The molecule has 8 heteroatoms. The smallest absolute Gasteiger partial charge is 0.236 e. The van der Waals surface area contributed by atoms with Crippen molar-refractivity contribution in [1.82, 2.24) is 19.8 Å². The van der Waals surface area contributed by atoms with Crippen LogP contribution in [0.25, 0.3) is 11.0 Å². The molecule has 0 spiro atoms. The third kappa shape index (κ3) is 4.70. The molecule has 1 unspecified atom stereocenters. The maximum absolute atomic E-state index is 12.9. The Balaban J connectivity index is 1.73. The van der Waals surface area contributed by atoms with Crippen molar-refractivity contribution in [2.45, 2.75) is 37.6 Å². The van der Waals surface area contributed by atoms with Gasteiger partial charge in [0, 0.05) is 6.42 Å². The van der Waals surface area contributed by atoms with E-state index < -0.39 is 10.0 Å². The van der Waals surface area contributed by atoms with Gasteiger partial charge in [0.1, 0.15) is 5.52 Å². The number of sulfonamides is 1. The summed E-state index contributed by atoms with van der Waals surface area (Å²) in [6, 6.07) is 24.0. The highest BCUT2D eigenvalue weighted by molar-refractivity contribution is 7.89. The number of para-hydroxylation sites is 1. The summed E-state index contributed by atoms with van der Waals surface area (Å²) in [5.41, 5.74) is 4.33. The summed E-state index contributed by atoms with van der Waals surface area (Å²) in [5.74, 6) is 0. The van der Waals surface area contributed by atoms with Crippen LogP contribution in [0.5, 0.6) is 0 Å². The zero-order valence-corrected chi connectivity index (χ0v) is 18.8. The van der Waals surface area contributed by atoms with Crippen molar-refractivity contribution in [2.24, 2.45) is 5.10 Å². The fraction of sp³-hybridized carbons (Fsp3) is 0.208. The van der Waals surface area contributed by atoms with Crippen LogP contribution in [0.2, 0.25) is 0 Å². The predicted octanol–water partition coefficient (Wildman–Crippen LogP) is 4.27. The second kappa shape index (κ2) is 9.32. The normalized spacial score (nSPS) is 13.2. The van der Waals surface area contributed by atoms with Crippen molar-refractivity contribution in [3.63, 3.8) is 0 Å². The van der Waals surface area contributed by atoms with Crippen molar-refractivity contribution in [3.05, 3.63) is 90.0 Å². The van der Waals surface area contributed by atoms with Crippen molar-refractivity contribution in [2.75, 3.05) is 0 Å². The van der Waals surface area contributed by atoms with Crippen LogP contribution in [0.4, 0.5) is 0 Å². The summed E-state index contributed by atoms with van der Waals surface area (Å²) >= 11 is 0. The van der Waals surface area contributed by atoms with Gasteiger partial charge in [0.15, 0.2) is 0 Å². The maximum Gasteiger partial charge on any atom is 0.276 e. The lowest BCUT2D eigenvalue weighted by Gasteiger charge is -2.19. The molecule has 32 heavy (non-hydrogen) atoms. The molecule has 3 aromatic carbocycles. The zero-order chi connectivity index (χ0) is 22.6. The number of hydrazone groups is 1. The number of benzene rings is 3. The third-order valence-corrected chi connectivity index (χ3v) is 6.54. The molecule has 0 fully saturated rings. The van der Waals surface area contributed by atoms with Crippen molar-refractivity contribution in [1.29, 1.82) is 0 Å². The third-order valence-electron chi connectivity index (χ3n) is 5.31. The van der Waals surface area contributed by atoms with Crippen LogP contribution < -0.4 is 4.83 Å². The summed E-state index contributed by atoms with van der Waals surface area (Å²) in [5, 5.41) is 13.0. The van der Waals surface area contributed by atoms with Gasteiger partial charge in [-0.05, 0) is 43.2 Å². The SMILES string of the molecule is CCC(/C(Cc1ccccc1)=N/NS(=O)(=O)c1ccc(C)cc1)n1nnc2ccccc21. The van der Waals surface area contributed by atoms with Gasteiger partial charge >= 0.3 is 0 Å². The molecule has 0 aliphatic rings. The molecule has 0 aliphatic heterocycles. The molecule has 0 radical (unpaired) electrons. The molecule has 1 aromatic heterocycles. The summed E-state index contributed by atoms with van der Waals surface area (Å²) in [4.78, 5) is 2.61. The highest BCUT2D eigenvalue weighted by Crippen LogP contribution is 2.22. The van der Waals surface area contributed by atoms with Crippen LogP contribution in [0.3, 0.4) is 0 Å². The van der Waals surface area contributed by atoms with Crippen LogP contribution in [-0.2, 0) is 16.4 Å². The van der Waals surface area contributed by atoms with E-state index in [1.54, 1.807) is 24.3 Å². The first-order valence-electron chi connectivity index (χ1n) is 10.5. The van der Waals surface area contributed by atoms with Gasteiger partial charge < -0.3 is 0 Å². The first kappa shape index (κ1) is 21.7. The molecule has 1 heterocycles.